The maximum Gasteiger partial charge on any atom is 0.309 e. The van der Waals surface area contributed by atoms with Gasteiger partial charge in [-0.3, -0.25) is 9.78 Å². The third-order valence-corrected chi connectivity index (χ3v) is 7.51. The zero-order valence-electron chi connectivity index (χ0n) is 17.3. The van der Waals surface area contributed by atoms with Crippen LogP contribution in [0.2, 0.25) is 0 Å². The van der Waals surface area contributed by atoms with Gasteiger partial charge in [-0.05, 0) is 67.4 Å². The van der Waals surface area contributed by atoms with Gasteiger partial charge in [-0.2, -0.15) is 0 Å². The SMILES string of the molecule is CC1OC(=O)C2CC3CCCCC3C(/C=C/c3ccc(-c4cccc(F)c4)cn3)C12. The number of ether oxygens (including phenoxy) is 1. The van der Waals surface area contributed by atoms with Crippen LogP contribution in [0.1, 0.15) is 44.7 Å². The number of cyclic esters (lactones) is 1. The largest absolute Gasteiger partial charge is 0.462 e. The molecule has 0 radical (unpaired) electrons. The predicted octanol–water partition coefficient (Wildman–Crippen LogP) is 5.90. The molecule has 6 unspecified atom stereocenters. The first kappa shape index (κ1) is 19.5. The summed E-state index contributed by atoms with van der Waals surface area (Å²) in [5, 5.41) is 0. The zero-order chi connectivity index (χ0) is 20.7. The third-order valence-electron chi connectivity index (χ3n) is 7.51. The van der Waals surface area contributed by atoms with Crippen molar-refractivity contribution in [3.05, 3.63) is 60.2 Å². The summed E-state index contributed by atoms with van der Waals surface area (Å²) in [6, 6.07) is 10.5. The Balaban J connectivity index is 1.39. The zero-order valence-corrected chi connectivity index (χ0v) is 17.3. The highest BCUT2D eigenvalue weighted by atomic mass is 19.1. The number of pyridine rings is 1. The first-order chi connectivity index (χ1) is 14.6. The van der Waals surface area contributed by atoms with Gasteiger partial charge in [0.05, 0.1) is 11.6 Å². The minimum absolute atomic E-state index is 0.00694. The summed E-state index contributed by atoms with van der Waals surface area (Å²) >= 11 is 0. The lowest BCUT2D eigenvalue weighted by molar-refractivity contribution is -0.144. The third kappa shape index (κ3) is 3.57. The molecule has 2 aromatic rings. The van der Waals surface area contributed by atoms with Gasteiger partial charge < -0.3 is 4.74 Å². The van der Waals surface area contributed by atoms with Crippen molar-refractivity contribution in [2.24, 2.45) is 29.6 Å². The molecule has 0 bridgehead atoms. The molecule has 3 fully saturated rings. The first-order valence-corrected chi connectivity index (χ1v) is 11.2. The molecule has 30 heavy (non-hydrogen) atoms. The molecule has 5 rings (SSSR count). The minimum Gasteiger partial charge on any atom is -0.462 e. The van der Waals surface area contributed by atoms with E-state index in [4.69, 9.17) is 4.74 Å². The van der Waals surface area contributed by atoms with Crippen molar-refractivity contribution in [3.8, 4) is 11.1 Å². The van der Waals surface area contributed by atoms with Crippen LogP contribution in [0.3, 0.4) is 0 Å². The Morgan fingerprint density at radius 1 is 1.13 bits per heavy atom. The highest BCUT2D eigenvalue weighted by molar-refractivity contribution is 5.75. The summed E-state index contributed by atoms with van der Waals surface area (Å²) in [7, 11) is 0. The molecule has 4 heteroatoms. The van der Waals surface area contributed by atoms with Gasteiger partial charge in [-0.25, -0.2) is 4.39 Å². The number of aromatic nitrogens is 1. The van der Waals surface area contributed by atoms with Gasteiger partial charge >= 0.3 is 5.97 Å². The van der Waals surface area contributed by atoms with Crippen LogP contribution in [0.25, 0.3) is 17.2 Å². The molecule has 2 heterocycles. The van der Waals surface area contributed by atoms with Crippen LogP contribution in [-0.4, -0.2) is 17.1 Å². The Hall–Kier alpha value is -2.49. The maximum atomic E-state index is 13.5. The maximum absolute atomic E-state index is 13.5. The number of fused-ring (bicyclic) bond motifs is 2. The monoisotopic (exact) mass is 405 g/mol. The van der Waals surface area contributed by atoms with Crippen LogP contribution in [-0.2, 0) is 9.53 Å². The lowest BCUT2D eigenvalue weighted by Gasteiger charge is -2.45. The number of allylic oxidation sites excluding steroid dienone is 1. The molecular weight excluding hydrogens is 377 g/mol. The Morgan fingerprint density at radius 2 is 2.00 bits per heavy atom. The van der Waals surface area contributed by atoms with E-state index in [-0.39, 0.29) is 29.7 Å². The molecule has 3 nitrogen and oxygen atoms in total. The Morgan fingerprint density at radius 3 is 2.80 bits per heavy atom. The number of carbonyl (C=O) groups excluding carboxylic acids is 1. The van der Waals surface area contributed by atoms with Crippen LogP contribution in [0.15, 0.2) is 48.7 Å². The summed E-state index contributed by atoms with van der Waals surface area (Å²) < 4.78 is 19.1. The van der Waals surface area contributed by atoms with E-state index >= 15 is 0 Å². The number of nitrogens with zero attached hydrogens (tertiary/aromatic N) is 1. The lowest BCUT2D eigenvalue weighted by atomic mass is 9.57. The number of hydrogen-bond donors (Lipinski definition) is 0. The molecule has 1 saturated heterocycles. The molecule has 6 atom stereocenters. The Kier molecular flexibility index (Phi) is 5.18. The quantitative estimate of drug-likeness (QED) is 0.597. The van der Waals surface area contributed by atoms with Crippen molar-refractivity contribution in [2.75, 3.05) is 0 Å². The summed E-state index contributed by atoms with van der Waals surface area (Å²) in [4.78, 5) is 17.0. The molecule has 1 aliphatic heterocycles. The molecular formula is C26H28FNO2. The van der Waals surface area contributed by atoms with Gasteiger partial charge in [0.2, 0.25) is 0 Å². The normalized spacial score (nSPS) is 33.2. The van der Waals surface area contributed by atoms with Gasteiger partial charge in [0.15, 0.2) is 0 Å². The lowest BCUT2D eigenvalue weighted by Crippen LogP contribution is -2.42. The van der Waals surface area contributed by atoms with Gasteiger partial charge in [-0.1, -0.05) is 43.5 Å². The fourth-order valence-electron chi connectivity index (χ4n) is 6.14. The number of esters is 1. The smallest absolute Gasteiger partial charge is 0.309 e. The van der Waals surface area contributed by atoms with Crippen molar-refractivity contribution in [1.82, 2.24) is 4.98 Å². The molecule has 0 N–H and O–H groups in total. The van der Waals surface area contributed by atoms with Crippen LogP contribution < -0.4 is 0 Å². The second-order valence-corrected chi connectivity index (χ2v) is 9.19. The number of rotatable bonds is 3. The van der Waals surface area contributed by atoms with Crippen LogP contribution in [0, 0.1) is 35.4 Å². The number of benzene rings is 1. The molecule has 1 aromatic heterocycles. The number of halogens is 1. The highest BCUT2D eigenvalue weighted by Gasteiger charge is 2.53. The molecule has 2 aliphatic carbocycles. The highest BCUT2D eigenvalue weighted by Crippen LogP contribution is 2.53. The fraction of sp³-hybridized carbons (Fsp3) is 0.462. The van der Waals surface area contributed by atoms with Crippen molar-refractivity contribution in [2.45, 2.75) is 45.1 Å². The van der Waals surface area contributed by atoms with E-state index in [0.29, 0.717) is 17.8 Å². The second kappa shape index (κ2) is 7.98. The van der Waals surface area contributed by atoms with E-state index in [9.17, 15) is 9.18 Å². The van der Waals surface area contributed by atoms with E-state index in [1.54, 1.807) is 12.3 Å². The number of hydrogen-bond acceptors (Lipinski definition) is 3. The van der Waals surface area contributed by atoms with Crippen molar-refractivity contribution >= 4 is 12.0 Å². The Labute approximate surface area is 177 Å². The fourth-order valence-corrected chi connectivity index (χ4v) is 6.14. The molecule has 156 valence electrons. The molecule has 3 aliphatic rings. The van der Waals surface area contributed by atoms with Crippen molar-refractivity contribution in [3.63, 3.8) is 0 Å². The predicted molar refractivity (Wildman–Crippen MR) is 115 cm³/mol. The van der Waals surface area contributed by atoms with Gasteiger partial charge in [0.25, 0.3) is 0 Å². The standard InChI is InChI=1S/C26H28FNO2/c1-16-25-23(22-8-3-2-5-18(22)14-24(25)26(29)30-16)12-11-21-10-9-19(15-28-21)17-6-4-7-20(27)13-17/h4,6-7,9-13,15-16,18,22-25H,2-3,5,8,14H2,1H3/b12-11+. The topological polar surface area (TPSA) is 39.2 Å². The Bertz CT molecular complexity index is 954. The summed E-state index contributed by atoms with van der Waals surface area (Å²) in [5.74, 6) is 1.73. The van der Waals surface area contributed by atoms with Crippen LogP contribution in [0.4, 0.5) is 4.39 Å². The summed E-state index contributed by atoms with van der Waals surface area (Å²) in [6.07, 6.45) is 12.2. The first-order valence-electron chi connectivity index (χ1n) is 11.2. The van der Waals surface area contributed by atoms with Gasteiger partial charge in [0.1, 0.15) is 11.9 Å². The molecule has 2 saturated carbocycles. The van der Waals surface area contributed by atoms with E-state index in [2.05, 4.69) is 24.1 Å². The van der Waals surface area contributed by atoms with Crippen molar-refractivity contribution in [1.29, 1.82) is 0 Å². The molecule has 0 spiro atoms. The summed E-state index contributed by atoms with van der Waals surface area (Å²) in [5.41, 5.74) is 2.62. The average molecular weight is 406 g/mol. The molecule has 1 aromatic carbocycles. The minimum atomic E-state index is -0.243. The second-order valence-electron chi connectivity index (χ2n) is 9.19. The molecule has 0 amide bonds. The van der Waals surface area contributed by atoms with Crippen LogP contribution >= 0.6 is 0 Å². The van der Waals surface area contributed by atoms with E-state index in [1.807, 2.05) is 18.2 Å². The van der Waals surface area contributed by atoms with Crippen LogP contribution in [0.5, 0.6) is 0 Å². The van der Waals surface area contributed by atoms with E-state index in [1.165, 1.54) is 37.8 Å². The van der Waals surface area contributed by atoms with Gasteiger partial charge in [-0.15, -0.1) is 0 Å². The van der Waals surface area contributed by atoms with Crippen molar-refractivity contribution < 1.29 is 13.9 Å². The summed E-state index contributed by atoms with van der Waals surface area (Å²) in [6.45, 7) is 2.05. The number of carbonyl (C=O) groups is 1. The van der Waals surface area contributed by atoms with Gasteiger partial charge in [0, 0.05) is 17.7 Å². The average Bonchev–Trinajstić information content (AvgIpc) is 3.05. The van der Waals surface area contributed by atoms with E-state index in [0.717, 1.165) is 23.2 Å². The van der Waals surface area contributed by atoms with E-state index < -0.39 is 0 Å².